The van der Waals surface area contributed by atoms with Gasteiger partial charge >= 0.3 is 0 Å². The van der Waals surface area contributed by atoms with Crippen molar-refractivity contribution in [3.63, 3.8) is 0 Å². The van der Waals surface area contributed by atoms with E-state index < -0.39 is 0 Å². The van der Waals surface area contributed by atoms with Gasteiger partial charge in [0.25, 0.3) is 5.91 Å². The number of amides is 2. The fraction of sp³-hybridized carbons (Fsp3) is 0.450. The van der Waals surface area contributed by atoms with Gasteiger partial charge in [-0.3, -0.25) is 14.3 Å². The predicted octanol–water partition coefficient (Wildman–Crippen LogP) is 2.29. The van der Waals surface area contributed by atoms with Crippen LogP contribution in [-0.4, -0.2) is 27.6 Å². The van der Waals surface area contributed by atoms with E-state index in [9.17, 15) is 9.59 Å². The molecule has 0 spiro atoms. The number of hydrogen-bond donors (Lipinski definition) is 2. The molecule has 26 heavy (non-hydrogen) atoms. The molecule has 0 bridgehead atoms. The Morgan fingerprint density at radius 1 is 1.23 bits per heavy atom. The van der Waals surface area contributed by atoms with Crippen molar-refractivity contribution in [1.82, 2.24) is 20.4 Å². The number of carbonyl (C=O) groups is 2. The Morgan fingerprint density at radius 3 is 2.62 bits per heavy atom. The molecule has 138 valence electrons. The first kappa shape index (κ1) is 18.2. The van der Waals surface area contributed by atoms with Crippen molar-refractivity contribution < 1.29 is 9.59 Å². The Kier molecular flexibility index (Phi) is 5.71. The van der Waals surface area contributed by atoms with Gasteiger partial charge in [-0.15, -0.1) is 0 Å². The molecule has 2 amide bonds. The molecule has 1 aromatic carbocycles. The molecule has 0 fully saturated rings. The number of carbonyl (C=O) groups excluding carboxylic acids is 2. The molecule has 1 aromatic heterocycles. The molecule has 6 nitrogen and oxygen atoms in total. The molecule has 3 rings (SSSR count). The van der Waals surface area contributed by atoms with Gasteiger partial charge in [0, 0.05) is 24.6 Å². The number of hydrogen-bond acceptors (Lipinski definition) is 3. The van der Waals surface area contributed by atoms with E-state index in [0.29, 0.717) is 25.2 Å². The van der Waals surface area contributed by atoms with Crippen LogP contribution < -0.4 is 10.6 Å². The van der Waals surface area contributed by atoms with Crippen LogP contribution >= 0.6 is 0 Å². The van der Waals surface area contributed by atoms with Crippen molar-refractivity contribution in [2.45, 2.75) is 52.2 Å². The number of benzene rings is 1. The summed E-state index contributed by atoms with van der Waals surface area (Å²) in [6, 6.07) is 11.7. The summed E-state index contributed by atoms with van der Waals surface area (Å²) < 4.78 is 1.83. The number of nitrogens with one attached hydrogen (secondary N) is 2. The Bertz CT molecular complexity index is 742. The van der Waals surface area contributed by atoms with Gasteiger partial charge in [-0.05, 0) is 24.5 Å². The highest BCUT2D eigenvalue weighted by molar-refractivity contribution is 5.92. The van der Waals surface area contributed by atoms with Crippen molar-refractivity contribution in [2.75, 3.05) is 0 Å². The lowest BCUT2D eigenvalue weighted by Gasteiger charge is -2.17. The Hall–Kier alpha value is -2.63. The highest BCUT2D eigenvalue weighted by atomic mass is 16.2. The first-order chi connectivity index (χ1) is 12.6. The minimum atomic E-state index is -0.173. The lowest BCUT2D eigenvalue weighted by molar-refractivity contribution is -0.125. The molecule has 2 aromatic rings. The van der Waals surface area contributed by atoms with Gasteiger partial charge in [-0.25, -0.2) is 0 Å². The van der Waals surface area contributed by atoms with Crippen LogP contribution in [0.15, 0.2) is 36.4 Å². The second kappa shape index (κ2) is 8.17. The second-order valence-electron chi connectivity index (χ2n) is 6.79. The molecule has 0 saturated heterocycles. The lowest BCUT2D eigenvalue weighted by atomic mass is 10.0. The molecular formula is C20H26N4O2. The Morgan fingerprint density at radius 2 is 1.96 bits per heavy atom. The third-order valence-electron chi connectivity index (χ3n) is 4.94. The molecular weight excluding hydrogens is 328 g/mol. The van der Waals surface area contributed by atoms with E-state index in [1.54, 1.807) is 0 Å². The molecule has 1 aliphatic rings. The van der Waals surface area contributed by atoms with E-state index in [1.807, 2.05) is 54.9 Å². The summed E-state index contributed by atoms with van der Waals surface area (Å²) >= 11 is 0. The summed E-state index contributed by atoms with van der Waals surface area (Å²) in [5, 5.41) is 10.4. The minimum Gasteiger partial charge on any atom is -0.351 e. The molecule has 0 unspecified atom stereocenters. The number of nitrogens with zero attached hydrogens (tertiary/aromatic N) is 2. The van der Waals surface area contributed by atoms with E-state index in [1.165, 1.54) is 0 Å². The molecule has 6 heteroatoms. The van der Waals surface area contributed by atoms with E-state index >= 15 is 0 Å². The molecule has 2 N–H and O–H groups in total. The zero-order valence-corrected chi connectivity index (χ0v) is 15.4. The maximum atomic E-state index is 12.3. The normalized spacial score (nSPS) is 15.7. The van der Waals surface area contributed by atoms with Crippen molar-refractivity contribution in [3.05, 3.63) is 53.3 Å². The van der Waals surface area contributed by atoms with Crippen molar-refractivity contribution in [3.8, 4) is 0 Å². The molecule has 0 radical (unpaired) electrons. The topological polar surface area (TPSA) is 76.0 Å². The molecule has 1 atom stereocenters. The zero-order valence-electron chi connectivity index (χ0n) is 15.4. The summed E-state index contributed by atoms with van der Waals surface area (Å²) in [4.78, 5) is 24.5. The standard InChI is InChI=1S/C20H26N4O2/c1-3-15(4-2)19(25)22-16-10-17-11-18(23-24(17)13-16)20(26)21-12-14-8-6-5-7-9-14/h5-9,11,15-16H,3-4,10,12-13H2,1-2H3,(H,21,26)(H,22,25)/t16-/m0/s1. The van der Waals surface area contributed by atoms with Crippen LogP contribution in [0, 0.1) is 5.92 Å². The van der Waals surface area contributed by atoms with E-state index in [4.69, 9.17) is 0 Å². The Labute approximate surface area is 154 Å². The van der Waals surface area contributed by atoms with Crippen LogP contribution in [0.1, 0.15) is 48.4 Å². The maximum Gasteiger partial charge on any atom is 0.272 e. The molecule has 0 saturated carbocycles. The van der Waals surface area contributed by atoms with Crippen molar-refractivity contribution >= 4 is 11.8 Å². The molecule has 2 heterocycles. The van der Waals surface area contributed by atoms with E-state index in [-0.39, 0.29) is 23.8 Å². The monoisotopic (exact) mass is 354 g/mol. The smallest absolute Gasteiger partial charge is 0.272 e. The minimum absolute atomic E-state index is 0.0621. The van der Waals surface area contributed by atoms with Crippen LogP contribution in [0.3, 0.4) is 0 Å². The van der Waals surface area contributed by atoms with Gasteiger partial charge < -0.3 is 10.6 Å². The highest BCUT2D eigenvalue weighted by Gasteiger charge is 2.27. The van der Waals surface area contributed by atoms with Gasteiger partial charge in [-0.2, -0.15) is 5.10 Å². The average molecular weight is 354 g/mol. The highest BCUT2D eigenvalue weighted by Crippen LogP contribution is 2.17. The van der Waals surface area contributed by atoms with Crippen LogP contribution in [0.25, 0.3) is 0 Å². The average Bonchev–Trinajstić information content (AvgIpc) is 3.20. The first-order valence-electron chi connectivity index (χ1n) is 9.29. The largest absolute Gasteiger partial charge is 0.351 e. The maximum absolute atomic E-state index is 12.3. The number of aromatic nitrogens is 2. The van der Waals surface area contributed by atoms with Crippen molar-refractivity contribution in [1.29, 1.82) is 0 Å². The van der Waals surface area contributed by atoms with Gasteiger partial charge in [0.2, 0.25) is 5.91 Å². The molecule has 0 aliphatic carbocycles. The summed E-state index contributed by atoms with van der Waals surface area (Å²) in [6.07, 6.45) is 2.42. The van der Waals surface area contributed by atoms with Crippen LogP contribution in [0.5, 0.6) is 0 Å². The van der Waals surface area contributed by atoms with Gasteiger partial charge in [0.15, 0.2) is 0 Å². The van der Waals surface area contributed by atoms with Gasteiger partial charge in [0.1, 0.15) is 5.69 Å². The van der Waals surface area contributed by atoms with E-state index in [0.717, 1.165) is 24.1 Å². The quantitative estimate of drug-likeness (QED) is 0.801. The Balaban J connectivity index is 1.53. The zero-order chi connectivity index (χ0) is 18.5. The second-order valence-corrected chi connectivity index (χ2v) is 6.79. The predicted molar refractivity (Wildman–Crippen MR) is 99.5 cm³/mol. The van der Waals surface area contributed by atoms with Crippen LogP contribution in [0.4, 0.5) is 0 Å². The summed E-state index contributed by atoms with van der Waals surface area (Å²) in [5.74, 6) is 0.0159. The fourth-order valence-corrected chi connectivity index (χ4v) is 3.36. The van der Waals surface area contributed by atoms with Gasteiger partial charge in [-0.1, -0.05) is 44.2 Å². The van der Waals surface area contributed by atoms with Crippen LogP contribution in [-0.2, 0) is 24.3 Å². The third-order valence-corrected chi connectivity index (χ3v) is 4.94. The third kappa shape index (κ3) is 4.12. The number of fused-ring (bicyclic) bond motifs is 1. The summed E-state index contributed by atoms with van der Waals surface area (Å²) in [5.41, 5.74) is 2.47. The number of rotatable bonds is 7. The summed E-state index contributed by atoms with van der Waals surface area (Å²) in [6.45, 7) is 5.17. The van der Waals surface area contributed by atoms with Crippen LogP contribution in [0.2, 0.25) is 0 Å². The van der Waals surface area contributed by atoms with Gasteiger partial charge in [0.05, 0.1) is 12.6 Å². The van der Waals surface area contributed by atoms with Crippen molar-refractivity contribution in [2.24, 2.45) is 5.92 Å². The van der Waals surface area contributed by atoms with E-state index in [2.05, 4.69) is 15.7 Å². The SMILES string of the molecule is CCC(CC)C(=O)N[C@H]1Cc2cc(C(=O)NCc3ccccc3)nn2C1. The molecule has 1 aliphatic heterocycles. The summed E-state index contributed by atoms with van der Waals surface area (Å²) in [7, 11) is 0. The lowest BCUT2D eigenvalue weighted by Crippen LogP contribution is -2.39. The first-order valence-corrected chi connectivity index (χ1v) is 9.29. The fourth-order valence-electron chi connectivity index (χ4n) is 3.36.